The Bertz CT molecular complexity index is 587. The smallest absolute Gasteiger partial charge is 0.278 e. The number of amides is 2. The predicted molar refractivity (Wildman–Crippen MR) is 88.5 cm³/mol. The summed E-state index contributed by atoms with van der Waals surface area (Å²) in [5.41, 5.74) is 1.09. The van der Waals surface area contributed by atoms with Crippen LogP contribution in [0.4, 0.5) is 5.69 Å². The highest BCUT2D eigenvalue weighted by molar-refractivity contribution is 6.30. The van der Waals surface area contributed by atoms with Crippen molar-refractivity contribution in [3.8, 4) is 0 Å². The summed E-state index contributed by atoms with van der Waals surface area (Å²) >= 11 is 6.03. The van der Waals surface area contributed by atoms with Gasteiger partial charge >= 0.3 is 0 Å². The number of nitrogens with zero attached hydrogens (tertiary/aromatic N) is 2. The molecular weight excluding hydrogens is 316 g/mol. The van der Waals surface area contributed by atoms with E-state index in [2.05, 4.69) is 10.2 Å². The van der Waals surface area contributed by atoms with Gasteiger partial charge in [-0.25, -0.2) is 0 Å². The number of hydrogen-bond donors (Lipinski definition) is 2. The first-order valence-corrected chi connectivity index (χ1v) is 8.40. The van der Waals surface area contributed by atoms with Crippen LogP contribution in [-0.4, -0.2) is 62.0 Å². The quantitative estimate of drug-likeness (QED) is 0.777. The summed E-state index contributed by atoms with van der Waals surface area (Å²) < 4.78 is 0. The van der Waals surface area contributed by atoms with Gasteiger partial charge in [-0.3, -0.25) is 9.59 Å². The van der Waals surface area contributed by atoms with Gasteiger partial charge in [0.25, 0.3) is 5.91 Å². The second-order valence-electron chi connectivity index (χ2n) is 5.97. The maximum atomic E-state index is 12.4. The van der Waals surface area contributed by atoms with Gasteiger partial charge in [0, 0.05) is 36.9 Å². The van der Waals surface area contributed by atoms with Gasteiger partial charge < -0.3 is 20.4 Å². The highest BCUT2D eigenvalue weighted by Crippen LogP contribution is 2.20. The molecule has 2 aliphatic heterocycles. The van der Waals surface area contributed by atoms with Gasteiger partial charge in [-0.1, -0.05) is 17.7 Å². The molecule has 23 heavy (non-hydrogen) atoms. The lowest BCUT2D eigenvalue weighted by Crippen LogP contribution is -2.96. The number of piperazine rings is 2. The van der Waals surface area contributed by atoms with Crippen molar-refractivity contribution in [2.75, 3.05) is 44.2 Å². The molecule has 1 atom stereocenters. The van der Waals surface area contributed by atoms with Gasteiger partial charge in [-0.15, -0.1) is 0 Å². The summed E-state index contributed by atoms with van der Waals surface area (Å²) in [5.74, 6) is 0.0382. The molecule has 2 heterocycles. The van der Waals surface area contributed by atoms with Crippen molar-refractivity contribution in [1.82, 2.24) is 10.2 Å². The Kier molecular flexibility index (Phi) is 5.03. The number of halogens is 1. The molecule has 3 N–H and O–H groups in total. The van der Waals surface area contributed by atoms with Crippen molar-refractivity contribution in [3.63, 3.8) is 0 Å². The minimum absolute atomic E-state index is 0.0258. The van der Waals surface area contributed by atoms with Crippen LogP contribution in [0.5, 0.6) is 0 Å². The van der Waals surface area contributed by atoms with Crippen LogP contribution in [0.15, 0.2) is 24.3 Å². The van der Waals surface area contributed by atoms with E-state index in [9.17, 15) is 9.59 Å². The summed E-state index contributed by atoms with van der Waals surface area (Å²) in [4.78, 5) is 28.2. The van der Waals surface area contributed by atoms with Gasteiger partial charge in [0.2, 0.25) is 5.91 Å². The molecule has 0 saturated carbocycles. The first-order chi connectivity index (χ1) is 11.1. The number of rotatable bonds is 3. The molecule has 0 unspecified atom stereocenters. The molecule has 2 fully saturated rings. The van der Waals surface area contributed by atoms with Gasteiger partial charge in [-0.2, -0.15) is 0 Å². The molecule has 7 heteroatoms. The average molecular weight is 338 g/mol. The molecule has 0 aliphatic carbocycles. The predicted octanol–water partition coefficient (Wildman–Crippen LogP) is -0.559. The Hall–Kier alpha value is -1.79. The van der Waals surface area contributed by atoms with Crippen molar-refractivity contribution in [1.29, 1.82) is 0 Å². The molecule has 6 nitrogen and oxygen atoms in total. The van der Waals surface area contributed by atoms with E-state index in [-0.39, 0.29) is 24.3 Å². The zero-order chi connectivity index (χ0) is 16.2. The van der Waals surface area contributed by atoms with Crippen molar-refractivity contribution < 1.29 is 14.9 Å². The largest absolute Gasteiger partial charge is 0.368 e. The molecule has 0 aromatic heterocycles. The number of hydrogen-bond acceptors (Lipinski definition) is 3. The van der Waals surface area contributed by atoms with Gasteiger partial charge in [0.05, 0.1) is 19.5 Å². The zero-order valence-corrected chi connectivity index (χ0v) is 13.8. The number of nitrogens with one attached hydrogen (secondary N) is 1. The third kappa shape index (κ3) is 3.95. The lowest BCUT2D eigenvalue weighted by atomic mass is 10.1. The Labute approximate surface area is 140 Å². The van der Waals surface area contributed by atoms with E-state index in [1.165, 1.54) is 0 Å². The van der Waals surface area contributed by atoms with Crippen LogP contribution in [0, 0.1) is 0 Å². The van der Waals surface area contributed by atoms with E-state index >= 15 is 0 Å². The molecule has 0 radical (unpaired) electrons. The van der Waals surface area contributed by atoms with Crippen LogP contribution >= 0.6 is 11.6 Å². The number of benzene rings is 1. The highest BCUT2D eigenvalue weighted by atomic mass is 35.5. The summed E-state index contributed by atoms with van der Waals surface area (Å²) in [6.07, 6.45) is 0.281. The number of quaternary nitrogens is 1. The van der Waals surface area contributed by atoms with Crippen molar-refractivity contribution in [3.05, 3.63) is 29.3 Å². The second kappa shape index (κ2) is 7.19. The maximum Gasteiger partial charge on any atom is 0.278 e. The molecule has 0 bridgehead atoms. The Morgan fingerprint density at radius 3 is 2.78 bits per heavy atom. The Morgan fingerprint density at radius 2 is 2.09 bits per heavy atom. The molecule has 2 amide bonds. The topological polar surface area (TPSA) is 69.3 Å². The molecule has 1 aromatic rings. The first-order valence-electron chi connectivity index (χ1n) is 8.03. The number of nitrogens with two attached hydrogens (primary N) is 1. The fourth-order valence-electron chi connectivity index (χ4n) is 3.10. The molecule has 124 valence electrons. The molecule has 0 spiro atoms. The standard InChI is InChI=1S/C16H21ClN4O2/c17-12-2-1-3-13(10-12)20-6-8-21(9-7-20)15(22)11-14-16(23)19-5-4-18-14/h1-3,10,14,18H,4-9,11H2,(H,19,23)/p+1/t14-/m0/s1. The SMILES string of the molecule is O=C1NCC[NH2+][C@H]1CC(=O)N1CCN(c2cccc(Cl)c2)CC1. The van der Waals surface area contributed by atoms with E-state index in [0.29, 0.717) is 19.6 Å². The van der Waals surface area contributed by atoms with Crippen molar-refractivity contribution in [2.24, 2.45) is 0 Å². The van der Waals surface area contributed by atoms with E-state index in [1.54, 1.807) is 0 Å². The minimum atomic E-state index is -0.276. The number of carbonyl (C=O) groups is 2. The van der Waals surface area contributed by atoms with Crippen molar-refractivity contribution >= 4 is 29.1 Å². The number of carbonyl (C=O) groups excluding carboxylic acids is 2. The Morgan fingerprint density at radius 1 is 1.30 bits per heavy atom. The molecular formula is C16H22ClN4O2+. The molecule has 1 aromatic carbocycles. The van der Waals surface area contributed by atoms with Gasteiger partial charge in [0.1, 0.15) is 0 Å². The van der Waals surface area contributed by atoms with Crippen LogP contribution in [0.25, 0.3) is 0 Å². The van der Waals surface area contributed by atoms with Crippen molar-refractivity contribution in [2.45, 2.75) is 12.5 Å². The maximum absolute atomic E-state index is 12.4. The van der Waals surface area contributed by atoms with E-state index in [1.807, 2.05) is 34.5 Å². The van der Waals surface area contributed by atoms with E-state index in [4.69, 9.17) is 11.6 Å². The fraction of sp³-hybridized carbons (Fsp3) is 0.500. The van der Waals surface area contributed by atoms with Crippen LogP contribution in [0.3, 0.4) is 0 Å². The third-order valence-electron chi connectivity index (χ3n) is 4.43. The van der Waals surface area contributed by atoms with Crippen LogP contribution in [0.1, 0.15) is 6.42 Å². The van der Waals surface area contributed by atoms with Crippen LogP contribution in [0.2, 0.25) is 5.02 Å². The van der Waals surface area contributed by atoms with Crippen LogP contribution < -0.4 is 15.5 Å². The summed E-state index contributed by atoms with van der Waals surface area (Å²) in [6, 6.07) is 7.50. The Balaban J connectivity index is 1.52. The summed E-state index contributed by atoms with van der Waals surface area (Å²) in [7, 11) is 0. The second-order valence-corrected chi connectivity index (χ2v) is 6.41. The van der Waals surface area contributed by atoms with E-state index in [0.717, 1.165) is 30.3 Å². The third-order valence-corrected chi connectivity index (χ3v) is 4.67. The average Bonchev–Trinajstić information content (AvgIpc) is 2.57. The normalized spacial score (nSPS) is 22.0. The van der Waals surface area contributed by atoms with E-state index < -0.39 is 0 Å². The minimum Gasteiger partial charge on any atom is -0.368 e. The van der Waals surface area contributed by atoms with Crippen LogP contribution in [-0.2, 0) is 9.59 Å². The lowest BCUT2D eigenvalue weighted by Gasteiger charge is -2.36. The summed E-state index contributed by atoms with van der Waals surface area (Å²) in [6.45, 7) is 4.45. The molecule has 3 rings (SSSR count). The van der Waals surface area contributed by atoms with Gasteiger partial charge in [-0.05, 0) is 18.2 Å². The van der Waals surface area contributed by atoms with Gasteiger partial charge in [0.15, 0.2) is 6.04 Å². The lowest BCUT2D eigenvalue weighted by molar-refractivity contribution is -0.678. The summed E-state index contributed by atoms with van der Waals surface area (Å²) in [5, 5.41) is 5.49. The number of anilines is 1. The zero-order valence-electron chi connectivity index (χ0n) is 13.0. The fourth-order valence-corrected chi connectivity index (χ4v) is 3.28. The monoisotopic (exact) mass is 337 g/mol. The molecule has 2 aliphatic rings. The molecule has 2 saturated heterocycles. The first kappa shape index (κ1) is 16.1. The highest BCUT2D eigenvalue weighted by Gasteiger charge is 2.31.